The number of piperidine rings is 1. The maximum atomic E-state index is 12.5. The second kappa shape index (κ2) is 9.40. The molecule has 1 fully saturated rings. The molecule has 0 radical (unpaired) electrons. The van der Waals surface area contributed by atoms with E-state index in [1.165, 1.54) is 24.9 Å². The maximum absolute atomic E-state index is 12.5. The Balaban J connectivity index is 1.63. The van der Waals surface area contributed by atoms with Crippen molar-refractivity contribution in [2.24, 2.45) is 0 Å². The molecule has 0 bridgehead atoms. The Kier molecular flexibility index (Phi) is 6.69. The van der Waals surface area contributed by atoms with Gasteiger partial charge in [0.1, 0.15) is 0 Å². The SMILES string of the molecule is CC(=O)N(CCC(=O)N(C)c1ccccc1)c1ccc(N2CCCCC2)cc1. The molecule has 1 aliphatic rings. The molecule has 0 N–H and O–H groups in total. The summed E-state index contributed by atoms with van der Waals surface area (Å²) in [5.41, 5.74) is 2.89. The molecule has 0 aliphatic carbocycles. The first-order valence-corrected chi connectivity index (χ1v) is 10.0. The van der Waals surface area contributed by atoms with Crippen molar-refractivity contribution in [2.45, 2.75) is 32.6 Å². The van der Waals surface area contributed by atoms with Crippen LogP contribution < -0.4 is 14.7 Å². The molecule has 0 spiro atoms. The summed E-state index contributed by atoms with van der Waals surface area (Å²) >= 11 is 0. The summed E-state index contributed by atoms with van der Waals surface area (Å²) in [5, 5.41) is 0. The second-order valence-corrected chi connectivity index (χ2v) is 7.27. The van der Waals surface area contributed by atoms with E-state index in [0.29, 0.717) is 6.54 Å². The van der Waals surface area contributed by atoms with Crippen LogP contribution in [0, 0.1) is 0 Å². The fourth-order valence-electron chi connectivity index (χ4n) is 3.63. The number of hydrogen-bond acceptors (Lipinski definition) is 3. The number of carbonyl (C=O) groups excluding carboxylic acids is 2. The lowest BCUT2D eigenvalue weighted by molar-refractivity contribution is -0.118. The van der Waals surface area contributed by atoms with Gasteiger partial charge >= 0.3 is 0 Å². The van der Waals surface area contributed by atoms with Crippen LogP contribution in [0.2, 0.25) is 0 Å². The van der Waals surface area contributed by atoms with Crippen molar-refractivity contribution in [3.8, 4) is 0 Å². The molecule has 28 heavy (non-hydrogen) atoms. The van der Waals surface area contributed by atoms with Gasteiger partial charge in [0.25, 0.3) is 0 Å². The van der Waals surface area contributed by atoms with Crippen LogP contribution in [0.25, 0.3) is 0 Å². The van der Waals surface area contributed by atoms with Gasteiger partial charge in [0.2, 0.25) is 11.8 Å². The first-order chi connectivity index (χ1) is 13.6. The molecule has 0 atom stereocenters. The highest BCUT2D eigenvalue weighted by atomic mass is 16.2. The van der Waals surface area contributed by atoms with Crippen molar-refractivity contribution < 1.29 is 9.59 Å². The first kappa shape index (κ1) is 19.9. The van der Waals surface area contributed by atoms with Crippen LogP contribution in [-0.4, -0.2) is 38.5 Å². The number of amides is 2. The lowest BCUT2D eigenvalue weighted by atomic mass is 10.1. The number of anilines is 3. The van der Waals surface area contributed by atoms with Crippen LogP contribution in [0.5, 0.6) is 0 Å². The Bertz CT molecular complexity index is 783. The summed E-state index contributed by atoms with van der Waals surface area (Å²) in [6, 6.07) is 17.7. The molecular formula is C23H29N3O2. The molecule has 3 rings (SSSR count). The molecule has 0 aromatic heterocycles. The number of benzene rings is 2. The number of carbonyl (C=O) groups is 2. The predicted octanol–water partition coefficient (Wildman–Crippen LogP) is 4.08. The van der Waals surface area contributed by atoms with Crippen LogP contribution in [0.4, 0.5) is 17.1 Å². The number of nitrogens with zero attached hydrogens (tertiary/aromatic N) is 3. The molecule has 1 aliphatic heterocycles. The van der Waals surface area contributed by atoms with Gasteiger partial charge in [-0.2, -0.15) is 0 Å². The van der Waals surface area contributed by atoms with E-state index in [2.05, 4.69) is 17.0 Å². The lowest BCUT2D eigenvalue weighted by Gasteiger charge is -2.29. The van der Waals surface area contributed by atoms with Crippen molar-refractivity contribution in [1.29, 1.82) is 0 Å². The van der Waals surface area contributed by atoms with E-state index >= 15 is 0 Å². The average molecular weight is 380 g/mol. The van der Waals surface area contributed by atoms with Gasteiger partial charge in [-0.1, -0.05) is 18.2 Å². The fourth-order valence-corrected chi connectivity index (χ4v) is 3.63. The Morgan fingerprint density at radius 3 is 2.14 bits per heavy atom. The highest BCUT2D eigenvalue weighted by molar-refractivity contribution is 5.95. The van der Waals surface area contributed by atoms with E-state index in [1.54, 1.807) is 23.8 Å². The number of hydrogen-bond donors (Lipinski definition) is 0. The number of rotatable bonds is 6. The van der Waals surface area contributed by atoms with Gasteiger partial charge in [-0.25, -0.2) is 0 Å². The molecule has 2 aromatic rings. The van der Waals surface area contributed by atoms with Crippen molar-refractivity contribution in [3.05, 3.63) is 54.6 Å². The van der Waals surface area contributed by atoms with Crippen molar-refractivity contribution in [1.82, 2.24) is 0 Å². The predicted molar refractivity (Wildman–Crippen MR) is 115 cm³/mol. The molecule has 1 heterocycles. The lowest BCUT2D eigenvalue weighted by Crippen LogP contribution is -2.34. The van der Waals surface area contributed by atoms with E-state index in [-0.39, 0.29) is 18.2 Å². The summed E-state index contributed by atoms with van der Waals surface area (Å²) < 4.78 is 0. The van der Waals surface area contributed by atoms with Gasteiger partial charge in [0, 0.05) is 57.1 Å². The fraction of sp³-hybridized carbons (Fsp3) is 0.391. The van der Waals surface area contributed by atoms with E-state index in [9.17, 15) is 9.59 Å². The summed E-state index contributed by atoms with van der Waals surface area (Å²) in [5.74, 6) is -0.0664. The Morgan fingerprint density at radius 2 is 1.54 bits per heavy atom. The van der Waals surface area contributed by atoms with Crippen LogP contribution in [-0.2, 0) is 9.59 Å². The van der Waals surface area contributed by atoms with E-state index < -0.39 is 0 Å². The molecular weight excluding hydrogens is 350 g/mol. The van der Waals surface area contributed by atoms with Crippen LogP contribution in [0.15, 0.2) is 54.6 Å². The largest absolute Gasteiger partial charge is 0.372 e. The van der Waals surface area contributed by atoms with Gasteiger partial charge in [0.05, 0.1) is 0 Å². The third kappa shape index (κ3) is 4.91. The summed E-state index contributed by atoms with van der Waals surface area (Å²) in [4.78, 5) is 30.4. The smallest absolute Gasteiger partial charge is 0.228 e. The zero-order valence-electron chi connectivity index (χ0n) is 16.8. The Hall–Kier alpha value is -2.82. The average Bonchev–Trinajstić information content (AvgIpc) is 2.74. The zero-order valence-corrected chi connectivity index (χ0v) is 16.8. The minimum Gasteiger partial charge on any atom is -0.372 e. The second-order valence-electron chi connectivity index (χ2n) is 7.27. The van der Waals surface area contributed by atoms with E-state index in [1.807, 2.05) is 42.5 Å². The van der Waals surface area contributed by atoms with Gasteiger partial charge in [-0.3, -0.25) is 9.59 Å². The van der Waals surface area contributed by atoms with Crippen LogP contribution >= 0.6 is 0 Å². The molecule has 0 saturated carbocycles. The minimum atomic E-state index is -0.0547. The monoisotopic (exact) mass is 379 g/mol. The minimum absolute atomic E-state index is 0.0117. The third-order valence-electron chi connectivity index (χ3n) is 5.33. The van der Waals surface area contributed by atoms with Gasteiger partial charge < -0.3 is 14.7 Å². The van der Waals surface area contributed by atoms with Gasteiger partial charge in [0.15, 0.2) is 0 Å². The Labute approximate surface area is 167 Å². The topological polar surface area (TPSA) is 43.9 Å². The highest BCUT2D eigenvalue weighted by Crippen LogP contribution is 2.24. The van der Waals surface area contributed by atoms with E-state index in [4.69, 9.17) is 0 Å². The molecule has 0 unspecified atom stereocenters. The molecule has 5 heteroatoms. The van der Waals surface area contributed by atoms with E-state index in [0.717, 1.165) is 24.5 Å². The third-order valence-corrected chi connectivity index (χ3v) is 5.33. The van der Waals surface area contributed by atoms with Crippen molar-refractivity contribution in [3.63, 3.8) is 0 Å². The summed E-state index contributed by atoms with van der Waals surface area (Å²) in [6.45, 7) is 4.10. The van der Waals surface area contributed by atoms with Crippen LogP contribution in [0.3, 0.4) is 0 Å². The highest BCUT2D eigenvalue weighted by Gasteiger charge is 2.17. The molecule has 2 aromatic carbocycles. The van der Waals surface area contributed by atoms with Crippen molar-refractivity contribution >= 4 is 28.9 Å². The normalized spacial score (nSPS) is 13.9. The molecule has 2 amide bonds. The maximum Gasteiger partial charge on any atom is 0.228 e. The molecule has 5 nitrogen and oxygen atoms in total. The van der Waals surface area contributed by atoms with Crippen LogP contribution in [0.1, 0.15) is 32.6 Å². The summed E-state index contributed by atoms with van der Waals surface area (Å²) in [7, 11) is 1.77. The van der Waals surface area contributed by atoms with Gasteiger partial charge in [-0.15, -0.1) is 0 Å². The zero-order chi connectivity index (χ0) is 19.9. The van der Waals surface area contributed by atoms with Gasteiger partial charge in [-0.05, 0) is 55.7 Å². The first-order valence-electron chi connectivity index (χ1n) is 10.0. The standard InChI is InChI=1S/C23H29N3O2/c1-19(27)26(18-15-23(28)24(2)20-9-5-3-6-10-20)22-13-11-21(12-14-22)25-16-7-4-8-17-25/h3,5-6,9-14H,4,7-8,15-18H2,1-2H3. The molecule has 148 valence electrons. The Morgan fingerprint density at radius 1 is 0.893 bits per heavy atom. The summed E-state index contributed by atoms with van der Waals surface area (Å²) in [6.07, 6.45) is 4.05. The molecule has 1 saturated heterocycles. The quantitative estimate of drug-likeness (QED) is 0.759. The number of para-hydroxylation sites is 1. The van der Waals surface area contributed by atoms with Crippen molar-refractivity contribution in [2.75, 3.05) is 41.4 Å².